The van der Waals surface area contributed by atoms with Gasteiger partial charge >= 0.3 is 0 Å². The summed E-state index contributed by atoms with van der Waals surface area (Å²) in [5, 5.41) is 0. The van der Waals surface area contributed by atoms with Crippen LogP contribution < -0.4 is 5.73 Å². The SMILES string of the molecule is NC1Cc2ccccc2C(F)C1C=O. The fourth-order valence-corrected chi connectivity index (χ4v) is 1.97. The lowest BCUT2D eigenvalue weighted by Crippen LogP contribution is -2.39. The highest BCUT2D eigenvalue weighted by Gasteiger charge is 2.34. The number of carbonyl (C=O) groups excluding carboxylic acids is 1. The molecule has 3 unspecified atom stereocenters. The van der Waals surface area contributed by atoms with Crippen molar-refractivity contribution in [1.82, 2.24) is 0 Å². The summed E-state index contributed by atoms with van der Waals surface area (Å²) in [6, 6.07) is 6.84. The van der Waals surface area contributed by atoms with E-state index in [-0.39, 0.29) is 0 Å². The second-order valence-corrected chi connectivity index (χ2v) is 3.68. The van der Waals surface area contributed by atoms with Gasteiger partial charge in [-0.2, -0.15) is 0 Å². The van der Waals surface area contributed by atoms with Gasteiger partial charge in [-0.15, -0.1) is 0 Å². The highest BCUT2D eigenvalue weighted by molar-refractivity contribution is 5.58. The van der Waals surface area contributed by atoms with E-state index in [1.807, 2.05) is 12.1 Å². The van der Waals surface area contributed by atoms with Crippen molar-refractivity contribution in [3.63, 3.8) is 0 Å². The molecule has 0 spiro atoms. The Kier molecular flexibility index (Phi) is 2.33. The molecule has 0 bridgehead atoms. The van der Waals surface area contributed by atoms with Gasteiger partial charge in [-0.1, -0.05) is 24.3 Å². The molecule has 0 heterocycles. The second-order valence-electron chi connectivity index (χ2n) is 3.68. The number of rotatable bonds is 1. The average Bonchev–Trinajstić information content (AvgIpc) is 2.18. The van der Waals surface area contributed by atoms with E-state index in [9.17, 15) is 9.18 Å². The molecule has 3 atom stereocenters. The Labute approximate surface area is 81.9 Å². The molecule has 0 radical (unpaired) electrons. The van der Waals surface area contributed by atoms with Crippen molar-refractivity contribution in [3.05, 3.63) is 35.4 Å². The molecule has 0 aromatic heterocycles. The number of carbonyl (C=O) groups is 1. The van der Waals surface area contributed by atoms with Crippen molar-refractivity contribution < 1.29 is 9.18 Å². The number of fused-ring (bicyclic) bond motifs is 1. The van der Waals surface area contributed by atoms with Crippen molar-refractivity contribution in [3.8, 4) is 0 Å². The minimum absolute atomic E-state index is 0.391. The summed E-state index contributed by atoms with van der Waals surface area (Å²) in [5.74, 6) is -0.690. The lowest BCUT2D eigenvalue weighted by atomic mass is 9.80. The van der Waals surface area contributed by atoms with Crippen LogP contribution in [-0.2, 0) is 11.2 Å². The fraction of sp³-hybridized carbons (Fsp3) is 0.364. The number of aldehydes is 1. The van der Waals surface area contributed by atoms with Crippen molar-refractivity contribution in [2.45, 2.75) is 18.6 Å². The number of hydrogen-bond donors (Lipinski definition) is 1. The van der Waals surface area contributed by atoms with Crippen LogP contribution >= 0.6 is 0 Å². The van der Waals surface area contributed by atoms with Crippen LogP contribution in [0.1, 0.15) is 17.3 Å². The summed E-state index contributed by atoms with van der Waals surface area (Å²) < 4.78 is 13.8. The summed E-state index contributed by atoms with van der Waals surface area (Å²) in [5.41, 5.74) is 7.26. The fourth-order valence-electron chi connectivity index (χ4n) is 1.97. The van der Waals surface area contributed by atoms with Crippen molar-refractivity contribution in [2.75, 3.05) is 0 Å². The van der Waals surface area contributed by atoms with Gasteiger partial charge < -0.3 is 10.5 Å². The maximum Gasteiger partial charge on any atom is 0.136 e. The number of alkyl halides is 1. The Balaban J connectivity index is 2.43. The van der Waals surface area contributed by atoms with Crippen LogP contribution in [0.2, 0.25) is 0 Å². The Hall–Kier alpha value is -1.22. The van der Waals surface area contributed by atoms with Crippen LogP contribution in [0.4, 0.5) is 4.39 Å². The zero-order valence-corrected chi connectivity index (χ0v) is 7.69. The standard InChI is InChI=1S/C11H12FNO/c12-11-8-4-2-1-3-7(8)5-10(13)9(11)6-14/h1-4,6,9-11H,5,13H2. The minimum atomic E-state index is -1.24. The molecule has 1 aromatic carbocycles. The number of halogens is 1. The molecule has 74 valence electrons. The number of benzene rings is 1. The summed E-state index contributed by atoms with van der Waals surface area (Å²) in [6.45, 7) is 0. The third-order valence-corrected chi connectivity index (χ3v) is 2.80. The molecule has 0 amide bonds. The molecule has 14 heavy (non-hydrogen) atoms. The van der Waals surface area contributed by atoms with E-state index in [4.69, 9.17) is 5.73 Å². The molecule has 0 saturated carbocycles. The maximum absolute atomic E-state index is 13.8. The molecule has 0 fully saturated rings. The van der Waals surface area contributed by atoms with Crippen LogP contribution in [0.15, 0.2) is 24.3 Å². The normalized spacial score (nSPS) is 30.9. The van der Waals surface area contributed by atoms with Crippen LogP contribution in [0, 0.1) is 5.92 Å². The first-order valence-corrected chi connectivity index (χ1v) is 4.67. The van der Waals surface area contributed by atoms with Crippen molar-refractivity contribution in [1.29, 1.82) is 0 Å². The third kappa shape index (κ3) is 1.34. The summed E-state index contributed by atoms with van der Waals surface area (Å²) in [6.07, 6.45) is -0.0295. The van der Waals surface area contributed by atoms with Gasteiger partial charge in [0, 0.05) is 6.04 Å². The van der Waals surface area contributed by atoms with Gasteiger partial charge in [-0.05, 0) is 17.5 Å². The van der Waals surface area contributed by atoms with Crippen molar-refractivity contribution >= 4 is 6.29 Å². The molecule has 1 aliphatic carbocycles. The third-order valence-electron chi connectivity index (χ3n) is 2.80. The molecule has 1 aliphatic rings. The Morgan fingerprint density at radius 2 is 2.14 bits per heavy atom. The monoisotopic (exact) mass is 193 g/mol. The quantitative estimate of drug-likeness (QED) is 0.685. The smallest absolute Gasteiger partial charge is 0.136 e. The molecule has 0 saturated heterocycles. The van der Waals surface area contributed by atoms with Crippen LogP contribution in [0.5, 0.6) is 0 Å². The molecule has 2 N–H and O–H groups in total. The predicted octanol–water partition coefficient (Wildman–Crippen LogP) is 1.40. The van der Waals surface area contributed by atoms with Gasteiger partial charge in [-0.3, -0.25) is 0 Å². The van der Waals surface area contributed by atoms with E-state index in [2.05, 4.69) is 0 Å². The number of hydrogen-bond acceptors (Lipinski definition) is 2. The highest BCUT2D eigenvalue weighted by atomic mass is 19.1. The first kappa shape index (κ1) is 9.34. The summed E-state index contributed by atoms with van der Waals surface area (Å²) in [7, 11) is 0. The molecule has 0 aliphatic heterocycles. The average molecular weight is 193 g/mol. The van der Waals surface area contributed by atoms with Crippen LogP contribution in [-0.4, -0.2) is 12.3 Å². The number of nitrogens with two attached hydrogens (primary N) is 1. The van der Waals surface area contributed by atoms with Gasteiger partial charge in [0.1, 0.15) is 12.5 Å². The second kappa shape index (κ2) is 3.50. The highest BCUT2D eigenvalue weighted by Crippen LogP contribution is 2.35. The van der Waals surface area contributed by atoms with Crippen LogP contribution in [0.3, 0.4) is 0 Å². The Bertz CT molecular complexity index is 353. The minimum Gasteiger partial charge on any atom is -0.327 e. The molecule has 2 nitrogen and oxygen atoms in total. The van der Waals surface area contributed by atoms with Crippen molar-refractivity contribution in [2.24, 2.45) is 11.7 Å². The first-order chi connectivity index (χ1) is 6.74. The van der Waals surface area contributed by atoms with Crippen LogP contribution in [0.25, 0.3) is 0 Å². The summed E-state index contributed by atoms with van der Waals surface area (Å²) >= 11 is 0. The zero-order valence-electron chi connectivity index (χ0n) is 7.69. The van der Waals surface area contributed by atoms with Gasteiger partial charge in [0.2, 0.25) is 0 Å². The first-order valence-electron chi connectivity index (χ1n) is 4.67. The molecule has 1 aromatic rings. The maximum atomic E-state index is 13.8. The largest absolute Gasteiger partial charge is 0.327 e. The van der Waals surface area contributed by atoms with E-state index in [0.29, 0.717) is 18.3 Å². The lowest BCUT2D eigenvalue weighted by molar-refractivity contribution is -0.113. The topological polar surface area (TPSA) is 43.1 Å². The molecular formula is C11H12FNO. The van der Waals surface area contributed by atoms with E-state index in [1.165, 1.54) is 0 Å². The Morgan fingerprint density at radius 1 is 1.43 bits per heavy atom. The zero-order chi connectivity index (χ0) is 10.1. The lowest BCUT2D eigenvalue weighted by Gasteiger charge is -2.29. The molecule has 3 heteroatoms. The van der Waals surface area contributed by atoms with Gasteiger partial charge in [0.25, 0.3) is 0 Å². The van der Waals surface area contributed by atoms with Gasteiger partial charge in [0.05, 0.1) is 5.92 Å². The van der Waals surface area contributed by atoms with E-state index in [1.54, 1.807) is 12.1 Å². The summed E-state index contributed by atoms with van der Waals surface area (Å²) in [4.78, 5) is 10.7. The predicted molar refractivity (Wildman–Crippen MR) is 51.5 cm³/mol. The van der Waals surface area contributed by atoms with Gasteiger partial charge in [0.15, 0.2) is 0 Å². The Morgan fingerprint density at radius 3 is 2.86 bits per heavy atom. The molecular weight excluding hydrogens is 181 g/mol. The van der Waals surface area contributed by atoms with Gasteiger partial charge in [-0.25, -0.2) is 4.39 Å². The molecule has 2 rings (SSSR count). The van der Waals surface area contributed by atoms with E-state index >= 15 is 0 Å². The van der Waals surface area contributed by atoms with E-state index < -0.39 is 18.1 Å². The van der Waals surface area contributed by atoms with E-state index in [0.717, 1.165) is 5.56 Å².